The third-order valence-corrected chi connectivity index (χ3v) is 5.09. The van der Waals surface area contributed by atoms with Gasteiger partial charge in [0, 0.05) is 21.4 Å². The van der Waals surface area contributed by atoms with Crippen LogP contribution in [-0.4, -0.2) is 13.4 Å². The van der Waals surface area contributed by atoms with E-state index in [1.807, 2.05) is 0 Å². The van der Waals surface area contributed by atoms with Gasteiger partial charge in [-0.15, -0.1) is 0 Å². The molecule has 0 aliphatic rings. The van der Waals surface area contributed by atoms with Gasteiger partial charge >= 0.3 is 0 Å². The molecule has 0 atom stereocenters. The van der Waals surface area contributed by atoms with Gasteiger partial charge in [0.2, 0.25) is 0 Å². The Balaban J connectivity index is 2.43. The summed E-state index contributed by atoms with van der Waals surface area (Å²) in [4.78, 5) is 3.71. The Labute approximate surface area is 129 Å². The highest BCUT2D eigenvalue weighted by Crippen LogP contribution is 2.24. The number of aryl methyl sites for hydroxylation is 1. The van der Waals surface area contributed by atoms with Crippen LogP contribution in [0.4, 0.5) is 4.39 Å². The molecule has 1 aromatic carbocycles. The molecule has 0 fully saturated rings. The summed E-state index contributed by atoms with van der Waals surface area (Å²) in [5.41, 5.74) is 1.11. The van der Waals surface area contributed by atoms with Crippen molar-refractivity contribution in [2.24, 2.45) is 0 Å². The summed E-state index contributed by atoms with van der Waals surface area (Å²) in [6, 6.07) is 5.17. The number of aromatic nitrogens is 1. The molecule has 0 aliphatic heterocycles. The van der Waals surface area contributed by atoms with E-state index in [0.717, 1.165) is 6.07 Å². The predicted octanol–water partition coefficient (Wildman–Crippen LogP) is 3.92. The Morgan fingerprint density at radius 1 is 1.35 bits per heavy atom. The fraction of sp³-hybridized carbons (Fsp3) is 0.154. The number of rotatable bonds is 3. The Morgan fingerprint density at radius 3 is 2.70 bits per heavy atom. The normalized spacial score (nSPS) is 11.6. The lowest BCUT2D eigenvalue weighted by Gasteiger charge is -2.08. The molecule has 0 radical (unpaired) electrons. The Morgan fingerprint density at radius 2 is 2.05 bits per heavy atom. The zero-order valence-electron chi connectivity index (χ0n) is 10.4. The lowest BCUT2D eigenvalue weighted by Crippen LogP contribution is -2.09. The van der Waals surface area contributed by atoms with Gasteiger partial charge in [-0.05, 0) is 52.7 Å². The van der Waals surface area contributed by atoms with Gasteiger partial charge in [-0.3, -0.25) is 4.98 Å². The predicted molar refractivity (Wildman–Crippen MR) is 79.0 cm³/mol. The summed E-state index contributed by atoms with van der Waals surface area (Å²) in [5, 5.41) is 0.154. The Hall–Kier alpha value is -0.980. The van der Waals surface area contributed by atoms with Crippen LogP contribution >= 0.6 is 27.5 Å². The van der Waals surface area contributed by atoms with E-state index in [1.165, 1.54) is 12.1 Å². The maximum absolute atomic E-state index is 13.7. The number of nitrogens with zero attached hydrogens (tertiary/aromatic N) is 1. The second kappa shape index (κ2) is 5.79. The summed E-state index contributed by atoms with van der Waals surface area (Å²) in [6.07, 6.45) is 1.58. The van der Waals surface area contributed by atoms with Crippen LogP contribution in [0.5, 0.6) is 0 Å². The molecular formula is C13H10BrClFNO2S. The summed E-state index contributed by atoms with van der Waals surface area (Å²) in [6.45, 7) is 1.70. The minimum Gasteiger partial charge on any atom is -0.260 e. The number of pyridine rings is 1. The second-order valence-corrected chi connectivity index (χ2v) is 7.54. The second-order valence-electron chi connectivity index (χ2n) is 4.23. The van der Waals surface area contributed by atoms with Crippen molar-refractivity contribution < 1.29 is 12.8 Å². The zero-order valence-corrected chi connectivity index (χ0v) is 13.6. The maximum Gasteiger partial charge on any atom is 0.185 e. The molecule has 20 heavy (non-hydrogen) atoms. The van der Waals surface area contributed by atoms with Crippen molar-refractivity contribution in [3.63, 3.8) is 0 Å². The van der Waals surface area contributed by atoms with Gasteiger partial charge in [-0.2, -0.15) is 0 Å². The molecule has 2 aromatic rings. The van der Waals surface area contributed by atoms with Crippen LogP contribution in [0.25, 0.3) is 0 Å². The Kier molecular flexibility index (Phi) is 4.46. The van der Waals surface area contributed by atoms with Crippen LogP contribution in [0.1, 0.15) is 11.3 Å². The highest BCUT2D eigenvalue weighted by molar-refractivity contribution is 9.10. The molecule has 1 heterocycles. The molecule has 7 heteroatoms. The highest BCUT2D eigenvalue weighted by Gasteiger charge is 2.21. The first-order chi connectivity index (χ1) is 9.29. The van der Waals surface area contributed by atoms with Crippen molar-refractivity contribution in [2.45, 2.75) is 17.6 Å². The monoisotopic (exact) mass is 377 g/mol. The molecule has 1 aromatic heterocycles. The van der Waals surface area contributed by atoms with E-state index in [-0.39, 0.29) is 15.7 Å². The number of benzene rings is 1. The van der Waals surface area contributed by atoms with Crippen molar-refractivity contribution in [2.75, 3.05) is 0 Å². The summed E-state index contributed by atoms with van der Waals surface area (Å²) < 4.78 is 39.0. The van der Waals surface area contributed by atoms with Crippen molar-refractivity contribution in [1.82, 2.24) is 4.98 Å². The van der Waals surface area contributed by atoms with Crippen molar-refractivity contribution in [3.8, 4) is 0 Å². The smallest absolute Gasteiger partial charge is 0.185 e. The molecule has 3 nitrogen and oxygen atoms in total. The molecule has 0 bridgehead atoms. The van der Waals surface area contributed by atoms with Crippen LogP contribution in [0.3, 0.4) is 0 Å². The topological polar surface area (TPSA) is 47.0 Å². The van der Waals surface area contributed by atoms with E-state index in [1.54, 1.807) is 19.2 Å². The van der Waals surface area contributed by atoms with Gasteiger partial charge < -0.3 is 0 Å². The molecule has 0 aliphatic carbocycles. The van der Waals surface area contributed by atoms with E-state index < -0.39 is 15.7 Å². The molecule has 0 unspecified atom stereocenters. The minimum absolute atomic E-state index is 0.154. The van der Waals surface area contributed by atoms with Crippen LogP contribution < -0.4 is 0 Å². The Bertz CT molecular complexity index is 765. The summed E-state index contributed by atoms with van der Waals surface area (Å²) >= 11 is 8.86. The van der Waals surface area contributed by atoms with Gasteiger partial charge in [0.05, 0.1) is 5.75 Å². The van der Waals surface area contributed by atoms with E-state index in [4.69, 9.17) is 11.6 Å². The van der Waals surface area contributed by atoms with Gasteiger partial charge in [-0.25, -0.2) is 12.8 Å². The van der Waals surface area contributed by atoms with E-state index in [2.05, 4.69) is 20.9 Å². The standard InChI is InChI=1S/C13H10BrClFNO2S/c1-8-9(4-10(14)6-17-8)7-20(18,19)13-3-2-11(15)5-12(13)16/h2-6H,7H2,1H3. The average Bonchev–Trinajstić information content (AvgIpc) is 2.33. The van der Waals surface area contributed by atoms with Crippen LogP contribution in [0, 0.1) is 12.7 Å². The molecule has 0 amide bonds. The lowest BCUT2D eigenvalue weighted by atomic mass is 10.2. The molecule has 2 rings (SSSR count). The molecule has 0 spiro atoms. The minimum atomic E-state index is -3.79. The third kappa shape index (κ3) is 3.37. The van der Waals surface area contributed by atoms with E-state index >= 15 is 0 Å². The van der Waals surface area contributed by atoms with Crippen LogP contribution in [-0.2, 0) is 15.6 Å². The fourth-order valence-corrected chi connectivity index (χ4v) is 3.73. The summed E-state index contributed by atoms with van der Waals surface area (Å²) in [7, 11) is -3.79. The quantitative estimate of drug-likeness (QED) is 0.813. The molecule has 106 valence electrons. The number of sulfone groups is 1. The molecule has 0 saturated heterocycles. The van der Waals surface area contributed by atoms with Crippen LogP contribution in [0.2, 0.25) is 5.02 Å². The van der Waals surface area contributed by atoms with Crippen molar-refractivity contribution >= 4 is 37.4 Å². The zero-order chi connectivity index (χ0) is 14.9. The average molecular weight is 379 g/mol. The number of hydrogen-bond donors (Lipinski definition) is 0. The van der Waals surface area contributed by atoms with E-state index in [0.29, 0.717) is 15.7 Å². The first-order valence-electron chi connectivity index (χ1n) is 5.58. The lowest BCUT2D eigenvalue weighted by molar-refractivity contribution is 0.566. The molecular weight excluding hydrogens is 369 g/mol. The number of halogens is 3. The number of hydrogen-bond acceptors (Lipinski definition) is 3. The van der Waals surface area contributed by atoms with Crippen molar-refractivity contribution in [3.05, 3.63) is 57.0 Å². The highest BCUT2D eigenvalue weighted by atomic mass is 79.9. The van der Waals surface area contributed by atoms with Crippen LogP contribution in [0.15, 0.2) is 39.8 Å². The SMILES string of the molecule is Cc1ncc(Br)cc1CS(=O)(=O)c1ccc(Cl)cc1F. The molecule has 0 N–H and O–H groups in total. The van der Waals surface area contributed by atoms with E-state index in [9.17, 15) is 12.8 Å². The van der Waals surface area contributed by atoms with Gasteiger partial charge in [-0.1, -0.05) is 11.6 Å². The van der Waals surface area contributed by atoms with Gasteiger partial charge in [0.25, 0.3) is 0 Å². The molecule has 0 saturated carbocycles. The first-order valence-corrected chi connectivity index (χ1v) is 8.41. The fourth-order valence-electron chi connectivity index (χ4n) is 1.71. The summed E-state index contributed by atoms with van der Waals surface area (Å²) in [5.74, 6) is -1.16. The largest absolute Gasteiger partial charge is 0.260 e. The van der Waals surface area contributed by atoms with Gasteiger partial charge in [0.1, 0.15) is 10.7 Å². The van der Waals surface area contributed by atoms with Crippen molar-refractivity contribution in [1.29, 1.82) is 0 Å². The third-order valence-electron chi connectivity index (χ3n) is 2.73. The first kappa shape index (κ1) is 15.4. The van der Waals surface area contributed by atoms with Gasteiger partial charge in [0.15, 0.2) is 9.84 Å². The maximum atomic E-state index is 13.7.